The van der Waals surface area contributed by atoms with E-state index in [1.807, 2.05) is 17.8 Å². The number of carbonyl (C=O) groups excluding carboxylic acids is 1. The van der Waals surface area contributed by atoms with Crippen molar-refractivity contribution >= 4 is 17.5 Å². The Kier molecular flexibility index (Phi) is 6.57. The highest BCUT2D eigenvalue weighted by atomic mass is 32.2. The van der Waals surface area contributed by atoms with E-state index in [1.165, 1.54) is 10.5 Å². The second-order valence-corrected chi connectivity index (χ2v) is 8.50. The number of benzene rings is 1. The lowest BCUT2D eigenvalue weighted by atomic mass is 10.1. The van der Waals surface area contributed by atoms with Gasteiger partial charge in [-0.15, -0.1) is 11.8 Å². The molecule has 26 heavy (non-hydrogen) atoms. The van der Waals surface area contributed by atoms with E-state index in [0.29, 0.717) is 6.42 Å². The standard InChI is InChI=1S/C21H28N2O2S/c1-16(24)9-10-21(26-19-7-5-4-6-8-19)23-12-11-17-13-18(14-22(2)3)25-20(17)15-23/h4-8,13,21H,9-12,14-15H2,1-3H3. The van der Waals surface area contributed by atoms with E-state index in [-0.39, 0.29) is 11.2 Å². The predicted octanol–water partition coefficient (Wildman–Crippen LogP) is 4.19. The zero-order valence-electron chi connectivity index (χ0n) is 15.9. The van der Waals surface area contributed by atoms with Crippen LogP contribution in [0, 0.1) is 0 Å². The SMILES string of the molecule is CC(=O)CCC(Sc1ccccc1)N1CCc2cc(CN(C)C)oc2C1. The molecule has 1 aliphatic rings. The second-order valence-electron chi connectivity index (χ2n) is 7.25. The van der Waals surface area contributed by atoms with E-state index < -0.39 is 0 Å². The fourth-order valence-corrected chi connectivity index (χ4v) is 4.53. The van der Waals surface area contributed by atoms with Crippen LogP contribution >= 0.6 is 11.8 Å². The number of hydrogen-bond donors (Lipinski definition) is 0. The molecular weight excluding hydrogens is 344 g/mol. The van der Waals surface area contributed by atoms with Gasteiger partial charge in [0, 0.05) is 17.9 Å². The molecule has 0 bridgehead atoms. The van der Waals surface area contributed by atoms with E-state index >= 15 is 0 Å². The van der Waals surface area contributed by atoms with Crippen molar-refractivity contribution in [3.05, 3.63) is 53.5 Å². The Balaban J connectivity index is 1.72. The molecule has 1 aliphatic heterocycles. The number of ketones is 1. The number of hydrogen-bond acceptors (Lipinski definition) is 5. The highest BCUT2D eigenvalue weighted by Gasteiger charge is 2.27. The number of nitrogens with zero attached hydrogens (tertiary/aromatic N) is 2. The number of thioether (sulfide) groups is 1. The lowest BCUT2D eigenvalue weighted by Crippen LogP contribution is -2.37. The van der Waals surface area contributed by atoms with Crippen LogP contribution in [0.4, 0.5) is 0 Å². The molecule has 4 nitrogen and oxygen atoms in total. The summed E-state index contributed by atoms with van der Waals surface area (Å²) >= 11 is 1.85. The van der Waals surface area contributed by atoms with Crippen LogP contribution in [0.15, 0.2) is 45.7 Å². The maximum atomic E-state index is 11.5. The third-order valence-corrected chi connectivity index (χ3v) is 5.95. The van der Waals surface area contributed by atoms with Crippen LogP contribution in [0.1, 0.15) is 36.8 Å². The van der Waals surface area contributed by atoms with Gasteiger partial charge >= 0.3 is 0 Å². The first-order valence-electron chi connectivity index (χ1n) is 9.21. The average molecular weight is 373 g/mol. The molecule has 0 fully saturated rings. The lowest BCUT2D eigenvalue weighted by Gasteiger charge is -2.33. The fourth-order valence-electron chi connectivity index (χ4n) is 3.34. The molecule has 2 heterocycles. The summed E-state index contributed by atoms with van der Waals surface area (Å²) in [4.78, 5) is 17.4. The van der Waals surface area contributed by atoms with E-state index in [9.17, 15) is 4.79 Å². The molecular formula is C21H28N2O2S. The quantitative estimate of drug-likeness (QED) is 0.650. The number of rotatable bonds is 8. The molecule has 1 unspecified atom stereocenters. The summed E-state index contributed by atoms with van der Waals surface area (Å²) in [5, 5.41) is 0.289. The summed E-state index contributed by atoms with van der Waals surface area (Å²) < 4.78 is 6.11. The number of furan rings is 1. The van der Waals surface area contributed by atoms with Gasteiger partial charge in [-0.25, -0.2) is 0 Å². The Hall–Kier alpha value is -1.56. The van der Waals surface area contributed by atoms with Crippen molar-refractivity contribution < 1.29 is 9.21 Å². The van der Waals surface area contributed by atoms with Gasteiger partial charge in [-0.3, -0.25) is 4.90 Å². The van der Waals surface area contributed by atoms with E-state index in [0.717, 1.165) is 44.0 Å². The molecule has 0 radical (unpaired) electrons. The van der Waals surface area contributed by atoms with Crippen molar-refractivity contribution in [1.29, 1.82) is 0 Å². The Morgan fingerprint density at radius 2 is 2.08 bits per heavy atom. The van der Waals surface area contributed by atoms with Gasteiger partial charge in [-0.1, -0.05) is 18.2 Å². The van der Waals surface area contributed by atoms with E-state index in [1.54, 1.807) is 6.92 Å². The van der Waals surface area contributed by atoms with Crippen LogP contribution in [0.2, 0.25) is 0 Å². The minimum atomic E-state index is 0.257. The summed E-state index contributed by atoms with van der Waals surface area (Å²) in [5.74, 6) is 2.39. The molecule has 140 valence electrons. The molecule has 2 aromatic rings. The van der Waals surface area contributed by atoms with E-state index in [4.69, 9.17) is 4.42 Å². The van der Waals surface area contributed by atoms with Crippen LogP contribution in [0.3, 0.4) is 0 Å². The van der Waals surface area contributed by atoms with Gasteiger partial charge in [0.25, 0.3) is 0 Å². The molecule has 0 amide bonds. The second kappa shape index (κ2) is 8.89. The van der Waals surface area contributed by atoms with Crippen LogP contribution < -0.4 is 0 Å². The van der Waals surface area contributed by atoms with Gasteiger partial charge in [0.1, 0.15) is 17.3 Å². The number of Topliss-reactive ketones (excluding diaryl/α,β-unsaturated/α-hetero) is 1. The van der Waals surface area contributed by atoms with Crippen LogP contribution in [0.5, 0.6) is 0 Å². The van der Waals surface area contributed by atoms with Gasteiger partial charge in [-0.05, 0) is 57.6 Å². The molecule has 0 saturated carbocycles. The third-order valence-electron chi connectivity index (χ3n) is 4.60. The van der Waals surface area contributed by atoms with Gasteiger partial charge < -0.3 is 14.1 Å². The topological polar surface area (TPSA) is 36.7 Å². The maximum absolute atomic E-state index is 11.5. The van der Waals surface area contributed by atoms with Crippen molar-refractivity contribution in [2.75, 3.05) is 20.6 Å². The Labute approximate surface area is 160 Å². The monoisotopic (exact) mass is 372 g/mol. The van der Waals surface area contributed by atoms with Gasteiger partial charge in [0.2, 0.25) is 0 Å². The zero-order chi connectivity index (χ0) is 18.5. The van der Waals surface area contributed by atoms with Gasteiger partial charge in [0.05, 0.1) is 18.5 Å². The van der Waals surface area contributed by atoms with Crippen molar-refractivity contribution in [2.24, 2.45) is 0 Å². The summed E-state index contributed by atoms with van der Waals surface area (Å²) in [5.41, 5.74) is 1.34. The normalized spacial score (nSPS) is 15.8. The average Bonchev–Trinajstić information content (AvgIpc) is 2.99. The lowest BCUT2D eigenvalue weighted by molar-refractivity contribution is -0.117. The minimum Gasteiger partial charge on any atom is -0.463 e. The summed E-state index contributed by atoms with van der Waals surface area (Å²) in [6.45, 7) is 4.35. The first kappa shape index (κ1) is 19.2. The van der Waals surface area contributed by atoms with Crippen molar-refractivity contribution in [1.82, 2.24) is 9.80 Å². The van der Waals surface area contributed by atoms with Gasteiger partial charge in [0.15, 0.2) is 0 Å². The maximum Gasteiger partial charge on any atom is 0.129 e. The van der Waals surface area contributed by atoms with Crippen molar-refractivity contribution in [3.8, 4) is 0 Å². The Bertz CT molecular complexity index is 727. The molecule has 0 saturated heterocycles. The highest BCUT2D eigenvalue weighted by Crippen LogP contribution is 2.33. The molecule has 0 aliphatic carbocycles. The highest BCUT2D eigenvalue weighted by molar-refractivity contribution is 7.99. The third kappa shape index (κ3) is 5.22. The summed E-state index contributed by atoms with van der Waals surface area (Å²) in [6.07, 6.45) is 2.51. The van der Waals surface area contributed by atoms with Crippen LogP contribution in [-0.4, -0.2) is 41.6 Å². The summed E-state index contributed by atoms with van der Waals surface area (Å²) in [7, 11) is 4.12. The van der Waals surface area contributed by atoms with Crippen LogP contribution in [0.25, 0.3) is 0 Å². The summed E-state index contributed by atoms with van der Waals surface area (Å²) in [6, 6.07) is 12.7. The Morgan fingerprint density at radius 3 is 2.77 bits per heavy atom. The molecule has 1 atom stereocenters. The number of carbonyl (C=O) groups is 1. The molecule has 5 heteroatoms. The minimum absolute atomic E-state index is 0.257. The fraction of sp³-hybridized carbons (Fsp3) is 0.476. The largest absolute Gasteiger partial charge is 0.463 e. The number of fused-ring (bicyclic) bond motifs is 1. The van der Waals surface area contributed by atoms with Gasteiger partial charge in [-0.2, -0.15) is 0 Å². The first-order valence-corrected chi connectivity index (χ1v) is 10.1. The first-order chi connectivity index (χ1) is 12.5. The molecule has 1 aromatic heterocycles. The van der Waals surface area contributed by atoms with Crippen molar-refractivity contribution in [3.63, 3.8) is 0 Å². The molecule has 1 aromatic carbocycles. The smallest absolute Gasteiger partial charge is 0.129 e. The zero-order valence-corrected chi connectivity index (χ0v) is 16.7. The predicted molar refractivity (Wildman–Crippen MR) is 106 cm³/mol. The van der Waals surface area contributed by atoms with Crippen molar-refractivity contribution in [2.45, 2.75) is 49.5 Å². The van der Waals surface area contributed by atoms with Crippen LogP contribution in [-0.2, 0) is 24.3 Å². The molecule has 0 spiro atoms. The Morgan fingerprint density at radius 1 is 1.31 bits per heavy atom. The van der Waals surface area contributed by atoms with E-state index in [2.05, 4.69) is 54.2 Å². The molecule has 0 N–H and O–H groups in total. The molecule has 3 rings (SSSR count).